The number of aryl methyl sites for hydroxylation is 1. The van der Waals surface area contributed by atoms with Gasteiger partial charge in [-0.05, 0) is 13.3 Å². The Morgan fingerprint density at radius 2 is 2.05 bits per heavy atom. The number of hydrogen-bond donors (Lipinski definition) is 1. The molecule has 1 aliphatic heterocycles. The van der Waals surface area contributed by atoms with Crippen LogP contribution in [0.15, 0.2) is 0 Å². The van der Waals surface area contributed by atoms with Crippen LogP contribution in [0.2, 0.25) is 0 Å². The van der Waals surface area contributed by atoms with Crippen LogP contribution in [0, 0.1) is 0 Å². The SMILES string of the molecule is CCOC(=O)CCC(=O)N1CCc2c(C(=O)O)nn(C)c2C1. The molecule has 8 heteroatoms. The molecule has 2 rings (SSSR count). The van der Waals surface area contributed by atoms with Crippen LogP contribution in [0.1, 0.15) is 41.5 Å². The van der Waals surface area contributed by atoms with Gasteiger partial charge in [0.1, 0.15) is 0 Å². The van der Waals surface area contributed by atoms with E-state index in [1.54, 1.807) is 18.9 Å². The maximum atomic E-state index is 12.1. The molecule has 0 unspecified atom stereocenters. The predicted molar refractivity (Wildman–Crippen MR) is 75.2 cm³/mol. The molecule has 0 fully saturated rings. The fourth-order valence-electron chi connectivity index (χ4n) is 2.55. The van der Waals surface area contributed by atoms with Crippen LogP contribution in [0.3, 0.4) is 0 Å². The van der Waals surface area contributed by atoms with Gasteiger partial charge in [-0.3, -0.25) is 14.3 Å². The standard InChI is InChI=1S/C14H19N3O5/c1-3-22-12(19)5-4-11(18)17-7-6-9-10(8-17)16(2)15-13(9)14(20)21/h3-8H2,1-2H3,(H,20,21). The molecule has 1 aromatic heterocycles. The number of carboxylic acid groups (broad SMARTS) is 1. The largest absolute Gasteiger partial charge is 0.476 e. The van der Waals surface area contributed by atoms with E-state index in [1.165, 1.54) is 4.68 Å². The van der Waals surface area contributed by atoms with E-state index in [-0.39, 0.29) is 30.4 Å². The summed E-state index contributed by atoms with van der Waals surface area (Å²) < 4.78 is 6.30. The van der Waals surface area contributed by atoms with Crippen molar-refractivity contribution >= 4 is 17.8 Å². The van der Waals surface area contributed by atoms with Crippen molar-refractivity contribution in [3.63, 3.8) is 0 Å². The number of hydrogen-bond acceptors (Lipinski definition) is 5. The van der Waals surface area contributed by atoms with E-state index >= 15 is 0 Å². The van der Waals surface area contributed by atoms with Crippen molar-refractivity contribution in [2.45, 2.75) is 32.7 Å². The lowest BCUT2D eigenvalue weighted by Crippen LogP contribution is -2.37. The maximum Gasteiger partial charge on any atom is 0.356 e. The van der Waals surface area contributed by atoms with E-state index in [0.29, 0.717) is 31.7 Å². The third-order valence-electron chi connectivity index (χ3n) is 3.65. The number of carbonyl (C=O) groups excluding carboxylic acids is 2. The average Bonchev–Trinajstić information content (AvgIpc) is 2.82. The van der Waals surface area contributed by atoms with Gasteiger partial charge in [0.2, 0.25) is 5.91 Å². The zero-order chi connectivity index (χ0) is 16.3. The molecule has 8 nitrogen and oxygen atoms in total. The third kappa shape index (κ3) is 3.26. The first kappa shape index (κ1) is 16.0. The second-order valence-electron chi connectivity index (χ2n) is 5.07. The molecule has 1 N–H and O–H groups in total. The summed E-state index contributed by atoms with van der Waals surface area (Å²) in [6, 6.07) is 0. The van der Waals surface area contributed by atoms with E-state index in [9.17, 15) is 14.4 Å². The highest BCUT2D eigenvalue weighted by atomic mass is 16.5. The number of carbonyl (C=O) groups is 3. The molecule has 0 aliphatic carbocycles. The Morgan fingerprint density at radius 3 is 2.68 bits per heavy atom. The van der Waals surface area contributed by atoms with E-state index in [4.69, 9.17) is 9.84 Å². The Morgan fingerprint density at radius 1 is 1.32 bits per heavy atom. The predicted octanol–water partition coefficient (Wildman–Crippen LogP) is 0.346. The highest BCUT2D eigenvalue weighted by Crippen LogP contribution is 2.22. The average molecular weight is 309 g/mol. The van der Waals surface area contributed by atoms with E-state index < -0.39 is 5.97 Å². The van der Waals surface area contributed by atoms with Gasteiger partial charge in [-0.1, -0.05) is 0 Å². The van der Waals surface area contributed by atoms with Crippen LogP contribution in [-0.2, 0) is 34.3 Å². The van der Waals surface area contributed by atoms with Gasteiger partial charge in [0.15, 0.2) is 5.69 Å². The Hall–Kier alpha value is -2.38. The quantitative estimate of drug-likeness (QED) is 0.787. The minimum Gasteiger partial charge on any atom is -0.476 e. The molecule has 0 atom stereocenters. The van der Waals surface area contributed by atoms with Gasteiger partial charge >= 0.3 is 11.9 Å². The van der Waals surface area contributed by atoms with Gasteiger partial charge in [-0.15, -0.1) is 0 Å². The smallest absolute Gasteiger partial charge is 0.356 e. The number of nitrogens with zero attached hydrogens (tertiary/aromatic N) is 3. The van der Waals surface area contributed by atoms with E-state index in [1.807, 2.05) is 0 Å². The number of aromatic nitrogens is 2. The van der Waals surface area contributed by atoms with Crippen LogP contribution in [0.4, 0.5) is 0 Å². The van der Waals surface area contributed by atoms with E-state index in [0.717, 1.165) is 5.69 Å². The zero-order valence-corrected chi connectivity index (χ0v) is 12.7. The summed E-state index contributed by atoms with van der Waals surface area (Å²) in [5.41, 5.74) is 1.47. The van der Waals surface area contributed by atoms with Gasteiger partial charge in [0.05, 0.1) is 25.3 Å². The highest BCUT2D eigenvalue weighted by Gasteiger charge is 2.28. The molecule has 1 aromatic rings. The molecule has 0 saturated carbocycles. The summed E-state index contributed by atoms with van der Waals surface area (Å²) in [7, 11) is 1.66. The second kappa shape index (κ2) is 6.59. The third-order valence-corrected chi connectivity index (χ3v) is 3.65. The Kier molecular flexibility index (Phi) is 4.79. The minimum absolute atomic E-state index is 0.0520. The van der Waals surface area contributed by atoms with Crippen molar-refractivity contribution in [2.24, 2.45) is 7.05 Å². The molecular formula is C14H19N3O5. The molecule has 0 radical (unpaired) electrons. The van der Waals surface area contributed by atoms with E-state index in [2.05, 4.69) is 5.10 Å². The summed E-state index contributed by atoms with van der Waals surface area (Å²) in [6.45, 7) is 2.76. The molecule has 22 heavy (non-hydrogen) atoms. The lowest BCUT2D eigenvalue weighted by molar-refractivity contribution is -0.145. The number of aromatic carboxylic acids is 1. The Balaban J connectivity index is 2.01. The highest BCUT2D eigenvalue weighted by molar-refractivity contribution is 5.88. The minimum atomic E-state index is -1.06. The van der Waals surface area contributed by atoms with Crippen LogP contribution in [-0.4, -0.2) is 50.8 Å². The van der Waals surface area contributed by atoms with Gasteiger partial charge in [-0.25, -0.2) is 4.79 Å². The molecule has 1 amide bonds. The van der Waals surface area contributed by atoms with Crippen molar-refractivity contribution in [1.82, 2.24) is 14.7 Å². The molecule has 2 heterocycles. The monoisotopic (exact) mass is 309 g/mol. The number of ether oxygens (including phenoxy) is 1. The number of fused-ring (bicyclic) bond motifs is 1. The lowest BCUT2D eigenvalue weighted by Gasteiger charge is -2.27. The van der Waals surface area contributed by atoms with Gasteiger partial charge in [-0.2, -0.15) is 5.10 Å². The van der Waals surface area contributed by atoms with Gasteiger partial charge in [0.25, 0.3) is 0 Å². The van der Waals surface area contributed by atoms with Crippen LogP contribution >= 0.6 is 0 Å². The van der Waals surface area contributed by atoms with Gasteiger partial charge < -0.3 is 14.7 Å². The maximum absolute atomic E-state index is 12.1. The fraction of sp³-hybridized carbons (Fsp3) is 0.571. The summed E-state index contributed by atoms with van der Waals surface area (Å²) in [5, 5.41) is 13.1. The number of carboxylic acids is 1. The number of amides is 1. The zero-order valence-electron chi connectivity index (χ0n) is 12.7. The Bertz CT molecular complexity index is 608. The molecule has 120 valence electrons. The molecule has 0 bridgehead atoms. The molecular weight excluding hydrogens is 290 g/mol. The summed E-state index contributed by atoms with van der Waals surface area (Å²) >= 11 is 0. The lowest BCUT2D eigenvalue weighted by atomic mass is 10.0. The van der Waals surface area contributed by atoms with Crippen molar-refractivity contribution < 1.29 is 24.2 Å². The second-order valence-corrected chi connectivity index (χ2v) is 5.07. The molecule has 0 saturated heterocycles. The number of esters is 1. The van der Waals surface area contributed by atoms with Crippen LogP contribution < -0.4 is 0 Å². The van der Waals surface area contributed by atoms with Crippen molar-refractivity contribution in [2.75, 3.05) is 13.2 Å². The first-order valence-corrected chi connectivity index (χ1v) is 7.15. The van der Waals surface area contributed by atoms with Crippen molar-refractivity contribution in [3.05, 3.63) is 17.0 Å². The summed E-state index contributed by atoms with van der Waals surface area (Å²) in [6.07, 6.45) is 0.607. The van der Waals surface area contributed by atoms with Gasteiger partial charge in [0, 0.05) is 25.6 Å². The molecule has 0 spiro atoms. The Labute approximate surface area is 127 Å². The van der Waals surface area contributed by atoms with Crippen molar-refractivity contribution in [3.8, 4) is 0 Å². The van der Waals surface area contributed by atoms with Crippen molar-refractivity contribution in [1.29, 1.82) is 0 Å². The summed E-state index contributed by atoms with van der Waals surface area (Å²) in [4.78, 5) is 36.2. The molecule has 1 aliphatic rings. The van der Waals surface area contributed by atoms with Crippen LogP contribution in [0.25, 0.3) is 0 Å². The fourth-order valence-corrected chi connectivity index (χ4v) is 2.55. The topological polar surface area (TPSA) is 102 Å². The molecule has 0 aromatic carbocycles. The first-order chi connectivity index (χ1) is 10.4. The summed E-state index contributed by atoms with van der Waals surface area (Å²) in [5.74, 6) is -1.59. The number of rotatable bonds is 5. The first-order valence-electron chi connectivity index (χ1n) is 7.15. The normalized spacial score (nSPS) is 13.6. The van der Waals surface area contributed by atoms with Crippen LogP contribution in [0.5, 0.6) is 0 Å².